The van der Waals surface area contributed by atoms with Crippen LogP contribution in [0.25, 0.3) is 0 Å². The van der Waals surface area contributed by atoms with E-state index in [1.807, 2.05) is 0 Å². The topological polar surface area (TPSA) is 50.1 Å². The SMILES string of the molecule is CC(C#N)CCCCCOC(=O)C(F)(F)F. The maximum absolute atomic E-state index is 11.7. The molecule has 0 aliphatic carbocycles. The van der Waals surface area contributed by atoms with Crippen molar-refractivity contribution < 1.29 is 22.7 Å². The number of hydrogen-bond acceptors (Lipinski definition) is 3. The Morgan fingerprint density at radius 3 is 2.50 bits per heavy atom. The second-order valence-corrected chi connectivity index (χ2v) is 3.51. The summed E-state index contributed by atoms with van der Waals surface area (Å²) < 4.78 is 39.0. The molecule has 1 atom stereocenters. The van der Waals surface area contributed by atoms with Gasteiger partial charge in [0.05, 0.1) is 12.7 Å². The molecule has 0 aromatic rings. The lowest BCUT2D eigenvalue weighted by Crippen LogP contribution is -2.25. The summed E-state index contributed by atoms with van der Waals surface area (Å²) in [5, 5.41) is 8.46. The molecule has 92 valence electrons. The van der Waals surface area contributed by atoms with E-state index in [4.69, 9.17) is 5.26 Å². The fourth-order valence-electron chi connectivity index (χ4n) is 1.04. The second kappa shape index (κ2) is 7.09. The first-order chi connectivity index (χ1) is 7.38. The number of carbonyl (C=O) groups excluding carboxylic acids is 1. The molecule has 0 aromatic heterocycles. The van der Waals surface area contributed by atoms with Crippen LogP contribution in [0.5, 0.6) is 0 Å². The number of hydrogen-bond donors (Lipinski definition) is 0. The lowest BCUT2D eigenvalue weighted by Gasteiger charge is -2.07. The number of carbonyl (C=O) groups is 1. The minimum Gasteiger partial charge on any atom is -0.459 e. The average molecular weight is 237 g/mol. The Balaban J connectivity index is 3.42. The zero-order valence-corrected chi connectivity index (χ0v) is 9.01. The molecule has 3 nitrogen and oxygen atoms in total. The third-order valence-electron chi connectivity index (χ3n) is 1.97. The molecule has 0 aliphatic heterocycles. The van der Waals surface area contributed by atoms with Crippen molar-refractivity contribution in [2.75, 3.05) is 6.61 Å². The Labute approximate surface area is 92.2 Å². The van der Waals surface area contributed by atoms with Crippen LogP contribution in [0.4, 0.5) is 13.2 Å². The van der Waals surface area contributed by atoms with Gasteiger partial charge in [-0.2, -0.15) is 18.4 Å². The van der Waals surface area contributed by atoms with E-state index >= 15 is 0 Å². The summed E-state index contributed by atoms with van der Waals surface area (Å²) >= 11 is 0. The first-order valence-electron chi connectivity index (χ1n) is 5.01. The Morgan fingerprint density at radius 2 is 2.00 bits per heavy atom. The van der Waals surface area contributed by atoms with Crippen molar-refractivity contribution in [1.82, 2.24) is 0 Å². The molecule has 0 radical (unpaired) electrons. The van der Waals surface area contributed by atoms with Crippen LogP contribution in [0.2, 0.25) is 0 Å². The molecule has 0 spiro atoms. The monoisotopic (exact) mass is 237 g/mol. The molecule has 0 aliphatic rings. The minimum atomic E-state index is -4.91. The van der Waals surface area contributed by atoms with Crippen molar-refractivity contribution in [3.63, 3.8) is 0 Å². The van der Waals surface area contributed by atoms with Crippen molar-refractivity contribution >= 4 is 5.97 Å². The predicted octanol–water partition coefficient (Wildman–Crippen LogP) is 2.81. The number of nitrogens with zero attached hydrogens (tertiary/aromatic N) is 1. The zero-order chi connectivity index (χ0) is 12.6. The maximum Gasteiger partial charge on any atom is 0.490 e. The van der Waals surface area contributed by atoms with Crippen LogP contribution in [0.1, 0.15) is 32.6 Å². The molecule has 0 N–H and O–H groups in total. The summed E-state index contributed by atoms with van der Waals surface area (Å²) in [4.78, 5) is 10.3. The number of unbranched alkanes of at least 4 members (excludes halogenated alkanes) is 2. The molecule has 16 heavy (non-hydrogen) atoms. The number of halogens is 3. The van der Waals surface area contributed by atoms with Crippen LogP contribution in [-0.4, -0.2) is 18.8 Å². The van der Waals surface area contributed by atoms with Gasteiger partial charge in [-0.15, -0.1) is 0 Å². The molecule has 0 saturated heterocycles. The van der Waals surface area contributed by atoms with Gasteiger partial charge in [-0.1, -0.05) is 12.8 Å². The smallest absolute Gasteiger partial charge is 0.459 e. The van der Waals surface area contributed by atoms with Crippen molar-refractivity contribution in [2.45, 2.75) is 38.8 Å². The highest BCUT2D eigenvalue weighted by atomic mass is 19.4. The molecule has 1 unspecified atom stereocenters. The lowest BCUT2D eigenvalue weighted by molar-refractivity contribution is -0.199. The molecular weight excluding hydrogens is 223 g/mol. The van der Waals surface area contributed by atoms with E-state index in [1.165, 1.54) is 0 Å². The number of ether oxygens (including phenoxy) is 1. The zero-order valence-electron chi connectivity index (χ0n) is 9.01. The summed E-state index contributed by atoms with van der Waals surface area (Å²) in [6.45, 7) is 1.56. The third kappa shape index (κ3) is 7.10. The normalized spacial score (nSPS) is 12.9. The Hall–Kier alpha value is -1.25. The van der Waals surface area contributed by atoms with E-state index in [2.05, 4.69) is 10.8 Å². The molecule has 0 amide bonds. The molecule has 0 aromatic carbocycles. The van der Waals surface area contributed by atoms with Crippen molar-refractivity contribution in [3.05, 3.63) is 0 Å². The summed E-state index contributed by atoms with van der Waals surface area (Å²) in [6.07, 6.45) is -2.41. The van der Waals surface area contributed by atoms with Gasteiger partial charge in [0.25, 0.3) is 0 Å². The van der Waals surface area contributed by atoms with Crippen LogP contribution in [-0.2, 0) is 9.53 Å². The Kier molecular flexibility index (Phi) is 6.54. The van der Waals surface area contributed by atoms with E-state index in [0.717, 1.165) is 6.42 Å². The molecule has 6 heteroatoms. The highest BCUT2D eigenvalue weighted by molar-refractivity contribution is 5.75. The van der Waals surface area contributed by atoms with Gasteiger partial charge in [-0.3, -0.25) is 0 Å². The van der Waals surface area contributed by atoms with Gasteiger partial charge >= 0.3 is 12.1 Å². The standard InChI is InChI=1S/C10H14F3NO2/c1-8(7-14)5-3-2-4-6-16-9(15)10(11,12)13/h8H,2-6H2,1H3. The number of rotatable bonds is 6. The predicted molar refractivity (Wildman–Crippen MR) is 50.3 cm³/mol. The van der Waals surface area contributed by atoms with Gasteiger partial charge < -0.3 is 4.74 Å². The number of alkyl halides is 3. The summed E-state index contributed by atoms with van der Waals surface area (Å²) in [5.74, 6) is -2.18. The summed E-state index contributed by atoms with van der Waals surface area (Å²) in [6, 6.07) is 2.06. The van der Waals surface area contributed by atoms with Crippen LogP contribution < -0.4 is 0 Å². The van der Waals surface area contributed by atoms with E-state index in [1.54, 1.807) is 6.92 Å². The highest BCUT2D eigenvalue weighted by Gasteiger charge is 2.40. The van der Waals surface area contributed by atoms with Gasteiger partial charge in [0.2, 0.25) is 0 Å². The van der Waals surface area contributed by atoms with Gasteiger partial charge in [-0.25, -0.2) is 4.79 Å². The van der Waals surface area contributed by atoms with E-state index < -0.39 is 12.1 Å². The minimum absolute atomic E-state index is 0.0438. The largest absolute Gasteiger partial charge is 0.490 e. The molecule has 0 fully saturated rings. The first-order valence-corrected chi connectivity index (χ1v) is 5.01. The molecule has 0 saturated carbocycles. The molecular formula is C10H14F3NO2. The van der Waals surface area contributed by atoms with Crippen LogP contribution >= 0.6 is 0 Å². The van der Waals surface area contributed by atoms with Gasteiger partial charge in [0.1, 0.15) is 0 Å². The molecule has 0 bridgehead atoms. The van der Waals surface area contributed by atoms with Crippen molar-refractivity contribution in [2.24, 2.45) is 5.92 Å². The van der Waals surface area contributed by atoms with Crippen LogP contribution in [0, 0.1) is 17.2 Å². The fourth-order valence-corrected chi connectivity index (χ4v) is 1.04. The first kappa shape index (κ1) is 14.8. The van der Waals surface area contributed by atoms with E-state index in [0.29, 0.717) is 19.3 Å². The van der Waals surface area contributed by atoms with Crippen LogP contribution in [0.3, 0.4) is 0 Å². The van der Waals surface area contributed by atoms with Gasteiger partial charge in [0, 0.05) is 5.92 Å². The van der Waals surface area contributed by atoms with Gasteiger partial charge in [-0.05, 0) is 19.8 Å². The summed E-state index contributed by atoms with van der Waals surface area (Å²) in [5.41, 5.74) is 0. The van der Waals surface area contributed by atoms with Crippen LogP contribution in [0.15, 0.2) is 0 Å². The van der Waals surface area contributed by atoms with E-state index in [-0.39, 0.29) is 12.5 Å². The second-order valence-electron chi connectivity index (χ2n) is 3.51. The van der Waals surface area contributed by atoms with Crippen molar-refractivity contribution in [3.8, 4) is 6.07 Å². The third-order valence-corrected chi connectivity index (χ3v) is 1.97. The molecule has 0 rings (SSSR count). The Morgan fingerprint density at radius 1 is 1.38 bits per heavy atom. The van der Waals surface area contributed by atoms with Crippen molar-refractivity contribution in [1.29, 1.82) is 5.26 Å². The average Bonchev–Trinajstić information content (AvgIpc) is 2.20. The van der Waals surface area contributed by atoms with E-state index in [9.17, 15) is 18.0 Å². The Bertz CT molecular complexity index is 258. The number of nitriles is 1. The molecule has 0 heterocycles. The van der Waals surface area contributed by atoms with Gasteiger partial charge in [0.15, 0.2) is 0 Å². The fraction of sp³-hybridized carbons (Fsp3) is 0.800. The number of esters is 1. The lowest BCUT2D eigenvalue weighted by atomic mass is 10.1. The summed E-state index contributed by atoms with van der Waals surface area (Å²) in [7, 11) is 0. The highest BCUT2D eigenvalue weighted by Crippen LogP contribution is 2.16. The quantitative estimate of drug-likeness (QED) is 0.527. The maximum atomic E-state index is 11.7.